The molecular weight excluding hydrogens is 553 g/mol. The highest BCUT2D eigenvalue weighted by Gasteiger charge is 2.23. The molecule has 0 amide bonds. The van der Waals surface area contributed by atoms with E-state index in [4.69, 9.17) is 4.42 Å². The van der Waals surface area contributed by atoms with Gasteiger partial charge in [-0.25, -0.2) is 0 Å². The summed E-state index contributed by atoms with van der Waals surface area (Å²) >= 11 is 1.84. The van der Waals surface area contributed by atoms with Crippen molar-refractivity contribution in [2.75, 3.05) is 0 Å². The minimum absolute atomic E-state index is 0.934. The molecule has 0 radical (unpaired) electrons. The van der Waals surface area contributed by atoms with Gasteiger partial charge in [0.15, 0.2) is 5.58 Å². The molecular formula is C42H24OS. The third kappa shape index (κ3) is 3.29. The molecule has 1 nitrogen and oxygen atoms in total. The summed E-state index contributed by atoms with van der Waals surface area (Å²) in [5.74, 6) is 0. The van der Waals surface area contributed by atoms with Gasteiger partial charge in [0.05, 0.1) is 4.70 Å². The number of benzene rings is 8. The molecule has 0 atom stereocenters. The fourth-order valence-electron chi connectivity index (χ4n) is 7.33. The van der Waals surface area contributed by atoms with Crippen molar-refractivity contribution in [3.8, 4) is 22.3 Å². The number of fused-ring (bicyclic) bond motifs is 10. The highest BCUT2D eigenvalue weighted by atomic mass is 32.1. The molecule has 0 N–H and O–H groups in total. The first-order chi connectivity index (χ1) is 21.8. The van der Waals surface area contributed by atoms with Gasteiger partial charge in [-0.05, 0) is 78.8 Å². The van der Waals surface area contributed by atoms with Crippen LogP contribution in [0.3, 0.4) is 0 Å². The van der Waals surface area contributed by atoms with Crippen molar-refractivity contribution >= 4 is 85.8 Å². The second-order valence-corrected chi connectivity index (χ2v) is 12.7. The molecule has 0 spiro atoms. The lowest BCUT2D eigenvalue weighted by Crippen LogP contribution is -1.91. The largest absolute Gasteiger partial charge is 0.455 e. The maximum Gasteiger partial charge on any atom is 0.153 e. The van der Waals surface area contributed by atoms with E-state index >= 15 is 0 Å². The van der Waals surface area contributed by atoms with Crippen molar-refractivity contribution in [1.29, 1.82) is 0 Å². The SMILES string of the molecule is c1ccc(-c2c3ccccc3c(-c3cc4c5cc6ccccc6cc5oc4c4sc5ccccc5c34)c3ccccc23)cc1. The lowest BCUT2D eigenvalue weighted by atomic mass is 9.84. The Balaban J connectivity index is 1.44. The van der Waals surface area contributed by atoms with Crippen LogP contribution in [0.1, 0.15) is 0 Å². The van der Waals surface area contributed by atoms with Crippen LogP contribution in [0.4, 0.5) is 0 Å². The van der Waals surface area contributed by atoms with Gasteiger partial charge in [0.2, 0.25) is 0 Å². The van der Waals surface area contributed by atoms with Gasteiger partial charge in [0.1, 0.15) is 5.58 Å². The summed E-state index contributed by atoms with van der Waals surface area (Å²) in [5.41, 5.74) is 6.97. The summed E-state index contributed by atoms with van der Waals surface area (Å²) in [6, 6.07) is 52.9. The Morgan fingerprint density at radius 1 is 0.432 bits per heavy atom. The zero-order valence-corrected chi connectivity index (χ0v) is 24.5. The van der Waals surface area contributed by atoms with Crippen LogP contribution in [0, 0.1) is 0 Å². The Morgan fingerprint density at radius 3 is 1.70 bits per heavy atom. The molecule has 2 heteroatoms. The van der Waals surface area contributed by atoms with Crippen LogP contribution < -0.4 is 0 Å². The normalized spacial score (nSPS) is 12.1. The van der Waals surface area contributed by atoms with E-state index in [-0.39, 0.29) is 0 Å². The number of rotatable bonds is 2. The van der Waals surface area contributed by atoms with E-state index in [0.717, 1.165) is 16.6 Å². The van der Waals surface area contributed by atoms with Crippen molar-refractivity contribution in [3.63, 3.8) is 0 Å². The molecule has 0 saturated carbocycles. The Labute approximate surface area is 257 Å². The van der Waals surface area contributed by atoms with Crippen LogP contribution in [0.2, 0.25) is 0 Å². The Hall–Kier alpha value is -5.44. The maximum absolute atomic E-state index is 6.76. The van der Waals surface area contributed by atoms with Gasteiger partial charge in [-0.15, -0.1) is 11.3 Å². The van der Waals surface area contributed by atoms with E-state index in [1.54, 1.807) is 0 Å². The Morgan fingerprint density at radius 2 is 1.00 bits per heavy atom. The molecule has 204 valence electrons. The molecule has 10 aromatic rings. The standard InChI is InChI=1S/C42H24OS/c1-2-12-25(13-3-1)38-28-16-6-8-18-30(28)39(31-19-9-7-17-29(31)38)35-24-34-33-22-26-14-4-5-15-27(26)23-36(33)43-41(34)42-40(35)32-20-10-11-21-37(32)44-42/h1-24H. The zero-order valence-electron chi connectivity index (χ0n) is 23.7. The molecule has 0 bridgehead atoms. The molecule has 8 aromatic carbocycles. The molecule has 2 aromatic heterocycles. The van der Waals surface area contributed by atoms with Crippen molar-refractivity contribution in [2.24, 2.45) is 0 Å². The first kappa shape index (κ1) is 24.0. The molecule has 44 heavy (non-hydrogen) atoms. The number of hydrogen-bond acceptors (Lipinski definition) is 2. The van der Waals surface area contributed by atoms with E-state index in [1.165, 1.54) is 80.1 Å². The molecule has 0 aliphatic carbocycles. The van der Waals surface area contributed by atoms with Crippen LogP contribution in [0.25, 0.3) is 96.7 Å². The van der Waals surface area contributed by atoms with Gasteiger partial charge >= 0.3 is 0 Å². The van der Waals surface area contributed by atoms with Crippen molar-refractivity contribution in [2.45, 2.75) is 0 Å². The first-order valence-electron chi connectivity index (χ1n) is 15.0. The fourth-order valence-corrected chi connectivity index (χ4v) is 8.55. The summed E-state index contributed by atoms with van der Waals surface area (Å²) in [5, 5.41) is 12.3. The third-order valence-corrected chi connectivity index (χ3v) is 10.4. The monoisotopic (exact) mass is 576 g/mol. The van der Waals surface area contributed by atoms with Crippen LogP contribution >= 0.6 is 11.3 Å². The maximum atomic E-state index is 6.76. The van der Waals surface area contributed by atoms with Gasteiger partial charge in [-0.2, -0.15) is 0 Å². The lowest BCUT2D eigenvalue weighted by Gasteiger charge is -2.18. The topological polar surface area (TPSA) is 13.1 Å². The summed E-state index contributed by atoms with van der Waals surface area (Å²) in [4.78, 5) is 0. The number of hydrogen-bond donors (Lipinski definition) is 0. The van der Waals surface area contributed by atoms with E-state index in [1.807, 2.05) is 11.3 Å². The van der Waals surface area contributed by atoms with E-state index < -0.39 is 0 Å². The van der Waals surface area contributed by atoms with Crippen LogP contribution in [-0.4, -0.2) is 0 Å². The first-order valence-corrected chi connectivity index (χ1v) is 15.8. The molecule has 0 saturated heterocycles. The van der Waals surface area contributed by atoms with Crippen molar-refractivity contribution < 1.29 is 4.42 Å². The third-order valence-electron chi connectivity index (χ3n) is 9.22. The predicted octanol–water partition coefficient (Wildman–Crippen LogP) is 12.7. The molecule has 0 fully saturated rings. The van der Waals surface area contributed by atoms with E-state index in [9.17, 15) is 0 Å². The second-order valence-electron chi connectivity index (χ2n) is 11.6. The molecule has 0 aliphatic heterocycles. The summed E-state index contributed by atoms with van der Waals surface area (Å²) in [7, 11) is 0. The smallest absolute Gasteiger partial charge is 0.153 e. The van der Waals surface area contributed by atoms with Crippen LogP contribution in [0.15, 0.2) is 150 Å². The number of furan rings is 1. The van der Waals surface area contributed by atoms with Crippen LogP contribution in [-0.2, 0) is 0 Å². The summed E-state index contributed by atoms with van der Waals surface area (Å²) < 4.78 is 9.24. The minimum Gasteiger partial charge on any atom is -0.455 e. The zero-order chi connectivity index (χ0) is 28.8. The fraction of sp³-hybridized carbons (Fsp3) is 0. The molecule has 10 rings (SSSR count). The molecule has 0 aliphatic rings. The minimum atomic E-state index is 0.934. The average Bonchev–Trinajstić information content (AvgIpc) is 3.64. The van der Waals surface area contributed by atoms with Gasteiger partial charge in [0.25, 0.3) is 0 Å². The predicted molar refractivity (Wildman–Crippen MR) is 190 cm³/mol. The van der Waals surface area contributed by atoms with Crippen molar-refractivity contribution in [1.82, 2.24) is 0 Å². The second kappa shape index (κ2) is 9.03. The molecule has 2 heterocycles. The van der Waals surface area contributed by atoms with Crippen molar-refractivity contribution in [3.05, 3.63) is 146 Å². The lowest BCUT2D eigenvalue weighted by molar-refractivity contribution is 0.674. The van der Waals surface area contributed by atoms with Gasteiger partial charge in [-0.1, -0.05) is 121 Å². The quantitative estimate of drug-likeness (QED) is 0.187. The van der Waals surface area contributed by atoms with E-state index in [2.05, 4.69) is 146 Å². The highest BCUT2D eigenvalue weighted by Crippen LogP contribution is 2.51. The summed E-state index contributed by atoms with van der Waals surface area (Å²) in [6.45, 7) is 0. The number of thiophene rings is 1. The van der Waals surface area contributed by atoms with Gasteiger partial charge < -0.3 is 4.42 Å². The average molecular weight is 577 g/mol. The summed E-state index contributed by atoms with van der Waals surface area (Å²) in [6.07, 6.45) is 0. The Kier molecular flexibility index (Phi) is 4.94. The Bertz CT molecular complexity index is 2710. The molecule has 0 unspecified atom stereocenters. The van der Waals surface area contributed by atoms with Gasteiger partial charge in [0, 0.05) is 26.2 Å². The van der Waals surface area contributed by atoms with E-state index in [0.29, 0.717) is 0 Å². The van der Waals surface area contributed by atoms with Gasteiger partial charge in [-0.3, -0.25) is 0 Å². The highest BCUT2D eigenvalue weighted by molar-refractivity contribution is 7.26. The van der Waals surface area contributed by atoms with Crippen LogP contribution in [0.5, 0.6) is 0 Å².